The predicted octanol–water partition coefficient (Wildman–Crippen LogP) is 2.99. The number of methoxy groups -OCH3 is 2. The topological polar surface area (TPSA) is 40.5 Å². The van der Waals surface area contributed by atoms with E-state index in [0.29, 0.717) is 33.5 Å². The summed E-state index contributed by atoms with van der Waals surface area (Å²) < 4.78 is 12.2. The van der Waals surface area contributed by atoms with E-state index in [4.69, 9.17) is 15.9 Å². The van der Waals surface area contributed by atoms with Crippen molar-refractivity contribution in [2.75, 3.05) is 14.2 Å². The van der Waals surface area contributed by atoms with Crippen LogP contribution in [0.4, 0.5) is 0 Å². The number of aromatic nitrogens is 1. The van der Waals surface area contributed by atoms with Crippen molar-refractivity contribution >= 4 is 10.8 Å². The normalized spacial score (nSPS) is 10.3. The molecule has 4 heteroatoms. The van der Waals surface area contributed by atoms with Gasteiger partial charge in [0, 0.05) is 22.8 Å². The van der Waals surface area contributed by atoms with Gasteiger partial charge in [-0.2, -0.15) is 0 Å². The lowest BCUT2D eigenvalue weighted by molar-refractivity contribution is 0.410. The lowest BCUT2D eigenvalue weighted by Crippen LogP contribution is -2.18. The highest BCUT2D eigenvalue weighted by Crippen LogP contribution is 2.30. The average molecular weight is 305 g/mol. The van der Waals surface area contributed by atoms with Gasteiger partial charge in [0.15, 0.2) is 0 Å². The van der Waals surface area contributed by atoms with Gasteiger partial charge in [-0.1, -0.05) is 12.0 Å². The van der Waals surface area contributed by atoms with E-state index in [2.05, 4.69) is 5.92 Å². The molecule has 3 rings (SSSR count). The van der Waals surface area contributed by atoms with Crippen molar-refractivity contribution in [2.24, 2.45) is 0 Å². The van der Waals surface area contributed by atoms with Crippen LogP contribution in [-0.4, -0.2) is 18.8 Å². The lowest BCUT2D eigenvalue weighted by atomic mass is 10.1. The molecule has 4 nitrogen and oxygen atoms in total. The van der Waals surface area contributed by atoms with E-state index >= 15 is 0 Å². The zero-order chi connectivity index (χ0) is 16.4. The zero-order valence-electron chi connectivity index (χ0n) is 12.9. The monoisotopic (exact) mass is 305 g/mol. The number of ether oxygens (including phenoxy) is 2. The predicted molar refractivity (Wildman–Crippen MR) is 90.6 cm³/mol. The quantitative estimate of drug-likeness (QED) is 0.698. The molecular formula is C19H15NO3. The Kier molecular flexibility index (Phi) is 3.78. The van der Waals surface area contributed by atoms with Crippen molar-refractivity contribution in [1.29, 1.82) is 0 Å². The molecule has 114 valence electrons. The minimum absolute atomic E-state index is 0.188. The van der Waals surface area contributed by atoms with Crippen LogP contribution in [0.3, 0.4) is 0 Å². The smallest absolute Gasteiger partial charge is 0.266 e. The average Bonchev–Trinajstić information content (AvgIpc) is 2.61. The largest absolute Gasteiger partial charge is 0.496 e. The van der Waals surface area contributed by atoms with Crippen LogP contribution in [0.15, 0.2) is 53.5 Å². The number of benzene rings is 2. The van der Waals surface area contributed by atoms with E-state index in [1.165, 1.54) is 7.11 Å². The van der Waals surface area contributed by atoms with E-state index in [9.17, 15) is 4.79 Å². The van der Waals surface area contributed by atoms with Gasteiger partial charge in [0.05, 0.1) is 19.6 Å². The number of fused-ring (bicyclic) bond motifs is 1. The standard InChI is InChI=1S/C19H15NO3/c1-4-13-6-5-7-14(12-13)20-11-10-15-16(22-2)8-9-17(23-3)18(15)19(20)21/h1,5-12H,2-3H3. The lowest BCUT2D eigenvalue weighted by Gasteiger charge is -2.12. The van der Waals surface area contributed by atoms with E-state index in [1.807, 2.05) is 24.3 Å². The first kappa shape index (κ1) is 14.7. The Morgan fingerprint density at radius 2 is 1.78 bits per heavy atom. The van der Waals surface area contributed by atoms with Gasteiger partial charge >= 0.3 is 0 Å². The van der Waals surface area contributed by atoms with E-state index in [-0.39, 0.29) is 5.56 Å². The van der Waals surface area contributed by atoms with E-state index < -0.39 is 0 Å². The second-order valence-corrected chi connectivity index (χ2v) is 4.94. The van der Waals surface area contributed by atoms with E-state index in [1.54, 1.807) is 36.1 Å². The molecule has 23 heavy (non-hydrogen) atoms. The van der Waals surface area contributed by atoms with Crippen LogP contribution in [0.25, 0.3) is 16.5 Å². The van der Waals surface area contributed by atoms with Crippen molar-refractivity contribution in [3.05, 3.63) is 64.6 Å². The van der Waals surface area contributed by atoms with Gasteiger partial charge in [0.25, 0.3) is 5.56 Å². The Morgan fingerprint density at radius 1 is 1.04 bits per heavy atom. The molecule has 0 spiro atoms. The third-order valence-corrected chi connectivity index (χ3v) is 3.72. The van der Waals surface area contributed by atoms with Crippen LogP contribution in [0.5, 0.6) is 11.5 Å². The second kappa shape index (κ2) is 5.90. The van der Waals surface area contributed by atoms with Crippen LogP contribution in [0.1, 0.15) is 5.56 Å². The van der Waals surface area contributed by atoms with Crippen LogP contribution in [0.2, 0.25) is 0 Å². The molecular weight excluding hydrogens is 290 g/mol. The highest BCUT2D eigenvalue weighted by atomic mass is 16.5. The molecule has 3 aromatic rings. The summed E-state index contributed by atoms with van der Waals surface area (Å²) in [5, 5.41) is 1.18. The molecule has 0 aliphatic heterocycles. The number of nitrogens with zero attached hydrogens (tertiary/aromatic N) is 1. The third-order valence-electron chi connectivity index (χ3n) is 3.72. The summed E-state index contributed by atoms with van der Waals surface area (Å²) in [4.78, 5) is 13.0. The number of hydrogen-bond donors (Lipinski definition) is 0. The SMILES string of the molecule is C#Cc1cccc(-n2ccc3c(OC)ccc(OC)c3c2=O)c1. The van der Waals surface area contributed by atoms with E-state index in [0.717, 1.165) is 0 Å². The van der Waals surface area contributed by atoms with Crippen LogP contribution in [-0.2, 0) is 0 Å². The van der Waals surface area contributed by atoms with Crippen molar-refractivity contribution in [1.82, 2.24) is 4.57 Å². The van der Waals surface area contributed by atoms with Gasteiger partial charge in [-0.15, -0.1) is 6.42 Å². The van der Waals surface area contributed by atoms with Crippen molar-refractivity contribution in [3.63, 3.8) is 0 Å². The Morgan fingerprint density at radius 3 is 2.48 bits per heavy atom. The number of hydrogen-bond acceptors (Lipinski definition) is 3. The first-order valence-electron chi connectivity index (χ1n) is 7.03. The first-order chi connectivity index (χ1) is 11.2. The fraction of sp³-hybridized carbons (Fsp3) is 0.105. The molecule has 0 bridgehead atoms. The minimum Gasteiger partial charge on any atom is -0.496 e. The highest BCUT2D eigenvalue weighted by molar-refractivity contribution is 5.92. The maximum Gasteiger partial charge on any atom is 0.266 e. The molecule has 1 heterocycles. The summed E-state index contributed by atoms with van der Waals surface area (Å²) in [6.45, 7) is 0. The molecule has 0 amide bonds. The molecule has 1 aromatic heterocycles. The summed E-state index contributed by atoms with van der Waals surface area (Å²) in [5.74, 6) is 3.71. The number of pyridine rings is 1. The molecule has 0 saturated carbocycles. The number of rotatable bonds is 3. The van der Waals surface area contributed by atoms with Crippen LogP contribution in [0, 0.1) is 12.3 Å². The molecule has 0 aliphatic carbocycles. The summed E-state index contributed by atoms with van der Waals surface area (Å²) in [5.41, 5.74) is 1.23. The van der Waals surface area contributed by atoms with Gasteiger partial charge in [-0.25, -0.2) is 0 Å². The fourth-order valence-electron chi connectivity index (χ4n) is 2.60. The number of terminal acetylenes is 1. The van der Waals surface area contributed by atoms with Crippen molar-refractivity contribution in [2.45, 2.75) is 0 Å². The van der Waals surface area contributed by atoms with Gasteiger partial charge in [0.2, 0.25) is 0 Å². The second-order valence-electron chi connectivity index (χ2n) is 4.94. The van der Waals surface area contributed by atoms with Crippen molar-refractivity contribution < 1.29 is 9.47 Å². The highest BCUT2D eigenvalue weighted by Gasteiger charge is 2.13. The Balaban J connectivity index is 2.35. The minimum atomic E-state index is -0.188. The van der Waals surface area contributed by atoms with Crippen molar-refractivity contribution in [3.8, 4) is 29.5 Å². The maximum absolute atomic E-state index is 13.0. The van der Waals surface area contributed by atoms with Gasteiger partial charge < -0.3 is 9.47 Å². The molecule has 0 saturated heterocycles. The Bertz CT molecular complexity index is 980. The third kappa shape index (κ3) is 2.43. The Labute approximate surface area is 133 Å². The molecule has 0 atom stereocenters. The molecule has 2 aromatic carbocycles. The van der Waals surface area contributed by atoms with Crippen LogP contribution < -0.4 is 15.0 Å². The summed E-state index contributed by atoms with van der Waals surface area (Å²) in [7, 11) is 3.11. The maximum atomic E-state index is 13.0. The summed E-state index contributed by atoms with van der Waals surface area (Å²) in [6, 6.07) is 12.6. The van der Waals surface area contributed by atoms with Gasteiger partial charge in [-0.05, 0) is 36.4 Å². The molecule has 0 aliphatic rings. The molecule has 0 fully saturated rings. The Hall–Kier alpha value is -3.19. The molecule has 0 unspecified atom stereocenters. The molecule has 0 N–H and O–H groups in total. The van der Waals surface area contributed by atoms with Gasteiger partial charge in [0.1, 0.15) is 11.5 Å². The fourth-order valence-corrected chi connectivity index (χ4v) is 2.60. The van der Waals surface area contributed by atoms with Gasteiger partial charge in [-0.3, -0.25) is 9.36 Å². The molecule has 0 radical (unpaired) electrons. The van der Waals surface area contributed by atoms with Crippen LogP contribution >= 0.6 is 0 Å². The summed E-state index contributed by atoms with van der Waals surface area (Å²) >= 11 is 0. The first-order valence-corrected chi connectivity index (χ1v) is 7.03. The zero-order valence-corrected chi connectivity index (χ0v) is 12.9. The summed E-state index contributed by atoms with van der Waals surface area (Å²) in [6.07, 6.45) is 7.15.